The molecule has 1 aromatic rings. The molecule has 5 nitrogen and oxygen atoms in total. The Morgan fingerprint density at radius 3 is 2.43 bits per heavy atom. The molecule has 0 bridgehead atoms. The second-order valence-electron chi connectivity index (χ2n) is 2.62. The van der Waals surface area contributed by atoms with E-state index in [1.165, 1.54) is 12.1 Å². The van der Waals surface area contributed by atoms with Crippen molar-refractivity contribution in [1.82, 2.24) is 0 Å². The van der Waals surface area contributed by atoms with E-state index in [1.54, 1.807) is 19.1 Å². The first-order valence-electron chi connectivity index (χ1n) is 3.73. The van der Waals surface area contributed by atoms with Gasteiger partial charge >= 0.3 is 16.2 Å². The summed E-state index contributed by atoms with van der Waals surface area (Å²) in [6.07, 6.45) is -1.34. The summed E-state index contributed by atoms with van der Waals surface area (Å²) < 4.78 is 26.7. The van der Waals surface area contributed by atoms with Crippen molar-refractivity contribution in [2.24, 2.45) is 5.73 Å². The van der Waals surface area contributed by atoms with Gasteiger partial charge in [-0.1, -0.05) is 18.2 Å². The zero-order valence-electron chi connectivity index (χ0n) is 7.43. The van der Waals surface area contributed by atoms with Gasteiger partial charge in [-0.3, -0.25) is 0 Å². The number of aryl methyl sites for hydroxylation is 1. The smallest absolute Gasteiger partial charge is 0.334 e. The number of carbonyl (C=O) groups is 1. The van der Waals surface area contributed by atoms with Gasteiger partial charge in [-0.15, -0.1) is 0 Å². The fraction of sp³-hybridized carbons (Fsp3) is 0.125. The van der Waals surface area contributed by atoms with Crippen molar-refractivity contribution in [2.45, 2.75) is 11.8 Å². The number of primary amides is 1. The number of amides is 1. The summed E-state index contributed by atoms with van der Waals surface area (Å²) in [5.41, 5.74) is 5.12. The molecule has 1 aromatic carbocycles. The van der Waals surface area contributed by atoms with Crippen molar-refractivity contribution in [2.75, 3.05) is 0 Å². The summed E-state index contributed by atoms with van der Waals surface area (Å²) >= 11 is 0. The molecule has 0 saturated heterocycles. The average molecular weight is 215 g/mol. The Hall–Kier alpha value is -1.56. The van der Waals surface area contributed by atoms with Gasteiger partial charge in [0, 0.05) is 0 Å². The van der Waals surface area contributed by atoms with E-state index in [1.807, 2.05) is 0 Å². The maximum absolute atomic E-state index is 11.3. The van der Waals surface area contributed by atoms with Crippen LogP contribution in [0.3, 0.4) is 0 Å². The molecular formula is C8H9NO4S. The lowest BCUT2D eigenvalue weighted by molar-refractivity contribution is 0.212. The highest BCUT2D eigenvalue weighted by atomic mass is 32.2. The fourth-order valence-electron chi connectivity index (χ4n) is 0.990. The topological polar surface area (TPSA) is 86.5 Å². The Labute approximate surface area is 81.6 Å². The summed E-state index contributed by atoms with van der Waals surface area (Å²) in [6.45, 7) is 1.59. The quantitative estimate of drug-likeness (QED) is 0.738. The third kappa shape index (κ3) is 2.23. The zero-order chi connectivity index (χ0) is 10.8. The first-order valence-corrected chi connectivity index (χ1v) is 5.14. The minimum Gasteiger partial charge on any atom is -0.334 e. The van der Waals surface area contributed by atoms with Crippen LogP contribution in [0.4, 0.5) is 4.79 Å². The van der Waals surface area contributed by atoms with E-state index in [0.29, 0.717) is 5.56 Å². The lowest BCUT2D eigenvalue weighted by Gasteiger charge is -2.05. The molecule has 2 N–H and O–H groups in total. The highest BCUT2D eigenvalue weighted by Crippen LogP contribution is 2.16. The molecule has 0 aliphatic rings. The van der Waals surface area contributed by atoms with Crippen LogP contribution >= 0.6 is 0 Å². The average Bonchev–Trinajstić information content (AvgIpc) is 2.02. The van der Waals surface area contributed by atoms with Crippen LogP contribution in [0.5, 0.6) is 0 Å². The van der Waals surface area contributed by atoms with Gasteiger partial charge in [0.05, 0.1) is 0 Å². The normalized spacial score (nSPS) is 10.9. The van der Waals surface area contributed by atoms with Crippen LogP contribution in [-0.2, 0) is 14.3 Å². The largest absolute Gasteiger partial charge is 0.420 e. The van der Waals surface area contributed by atoms with Crippen molar-refractivity contribution >= 4 is 16.2 Å². The highest BCUT2D eigenvalue weighted by molar-refractivity contribution is 7.87. The Balaban J connectivity index is 3.17. The van der Waals surface area contributed by atoms with Gasteiger partial charge in [0.2, 0.25) is 0 Å². The molecule has 76 valence electrons. The first-order chi connectivity index (χ1) is 6.43. The minimum absolute atomic E-state index is 0.0567. The van der Waals surface area contributed by atoms with Crippen LogP contribution in [0.1, 0.15) is 5.56 Å². The van der Waals surface area contributed by atoms with Crippen LogP contribution in [0.25, 0.3) is 0 Å². The molecule has 0 unspecified atom stereocenters. The molecule has 0 heterocycles. The van der Waals surface area contributed by atoms with Gasteiger partial charge in [-0.2, -0.15) is 8.42 Å². The van der Waals surface area contributed by atoms with E-state index in [2.05, 4.69) is 9.92 Å². The lowest BCUT2D eigenvalue weighted by atomic mass is 10.2. The summed E-state index contributed by atoms with van der Waals surface area (Å²) in [7, 11) is -4.06. The molecule has 14 heavy (non-hydrogen) atoms. The Morgan fingerprint density at radius 1 is 1.36 bits per heavy atom. The van der Waals surface area contributed by atoms with Crippen molar-refractivity contribution in [3.63, 3.8) is 0 Å². The molecule has 1 rings (SSSR count). The van der Waals surface area contributed by atoms with Crippen LogP contribution in [0.15, 0.2) is 29.2 Å². The summed E-state index contributed by atoms with van der Waals surface area (Å²) in [6, 6.07) is 6.15. The number of rotatable bonds is 2. The van der Waals surface area contributed by atoms with Crippen molar-refractivity contribution < 1.29 is 17.4 Å². The molecule has 0 atom stereocenters. The van der Waals surface area contributed by atoms with Crippen molar-refractivity contribution in [3.8, 4) is 0 Å². The monoisotopic (exact) mass is 215 g/mol. The summed E-state index contributed by atoms with van der Waals surface area (Å²) in [5, 5.41) is 0. The maximum atomic E-state index is 11.3. The number of carbonyl (C=O) groups excluding carboxylic acids is 1. The molecule has 0 saturated carbocycles. The van der Waals surface area contributed by atoms with Gasteiger partial charge in [-0.25, -0.2) is 4.79 Å². The van der Waals surface area contributed by atoms with E-state index in [4.69, 9.17) is 0 Å². The molecule has 6 heteroatoms. The molecule has 0 spiro atoms. The number of benzene rings is 1. The SMILES string of the molecule is Cc1ccccc1S(=O)(=O)OC(N)=O. The van der Waals surface area contributed by atoms with Crippen LogP contribution in [-0.4, -0.2) is 14.5 Å². The molecule has 0 aliphatic carbocycles. The van der Waals surface area contributed by atoms with Crippen LogP contribution in [0.2, 0.25) is 0 Å². The van der Waals surface area contributed by atoms with Gasteiger partial charge < -0.3 is 9.92 Å². The lowest BCUT2D eigenvalue weighted by Crippen LogP contribution is -2.19. The van der Waals surface area contributed by atoms with Gasteiger partial charge in [0.25, 0.3) is 0 Å². The Kier molecular flexibility index (Phi) is 2.76. The molecule has 0 radical (unpaired) electrons. The second-order valence-corrected chi connectivity index (χ2v) is 4.14. The van der Waals surface area contributed by atoms with Crippen LogP contribution < -0.4 is 5.73 Å². The molecule has 0 fully saturated rings. The maximum Gasteiger partial charge on any atom is 0.420 e. The third-order valence-electron chi connectivity index (χ3n) is 1.55. The fourth-order valence-corrected chi connectivity index (χ4v) is 2.00. The minimum atomic E-state index is -4.06. The molecule has 0 aromatic heterocycles. The van der Waals surface area contributed by atoms with Gasteiger partial charge in [-0.05, 0) is 18.6 Å². The van der Waals surface area contributed by atoms with E-state index >= 15 is 0 Å². The molecule has 1 amide bonds. The summed E-state index contributed by atoms with van der Waals surface area (Å²) in [5.74, 6) is 0. The third-order valence-corrected chi connectivity index (χ3v) is 2.94. The first kappa shape index (κ1) is 10.5. The zero-order valence-corrected chi connectivity index (χ0v) is 8.24. The van der Waals surface area contributed by atoms with Crippen molar-refractivity contribution in [1.29, 1.82) is 0 Å². The van der Waals surface area contributed by atoms with Gasteiger partial charge in [0.1, 0.15) is 4.90 Å². The van der Waals surface area contributed by atoms with E-state index < -0.39 is 16.2 Å². The van der Waals surface area contributed by atoms with E-state index in [-0.39, 0.29) is 4.90 Å². The van der Waals surface area contributed by atoms with Crippen LogP contribution in [0, 0.1) is 6.92 Å². The molecule has 0 aliphatic heterocycles. The Bertz CT molecular complexity index is 452. The van der Waals surface area contributed by atoms with Gasteiger partial charge in [0.15, 0.2) is 0 Å². The second kappa shape index (κ2) is 3.67. The Morgan fingerprint density at radius 2 is 1.93 bits per heavy atom. The highest BCUT2D eigenvalue weighted by Gasteiger charge is 2.19. The molecular weight excluding hydrogens is 206 g/mol. The predicted molar refractivity (Wildman–Crippen MR) is 49.0 cm³/mol. The number of nitrogens with two attached hydrogens (primary N) is 1. The number of hydrogen-bond donors (Lipinski definition) is 1. The van der Waals surface area contributed by atoms with E-state index in [9.17, 15) is 13.2 Å². The standard InChI is InChI=1S/C8H9NO4S/c1-6-4-2-3-5-7(6)14(11,12)13-8(9)10/h2-5H,1H3,(H2,9,10). The predicted octanol–water partition coefficient (Wildman–Crippen LogP) is 0.779. The van der Waals surface area contributed by atoms with E-state index in [0.717, 1.165) is 0 Å². The number of hydrogen-bond acceptors (Lipinski definition) is 4. The van der Waals surface area contributed by atoms with Crippen molar-refractivity contribution in [3.05, 3.63) is 29.8 Å². The summed E-state index contributed by atoms with van der Waals surface area (Å²) in [4.78, 5) is 10.3.